The van der Waals surface area contributed by atoms with Crippen LogP contribution in [0.15, 0.2) is 36.5 Å². The summed E-state index contributed by atoms with van der Waals surface area (Å²) in [4.78, 5) is 0. The van der Waals surface area contributed by atoms with Crippen LogP contribution in [-0.2, 0) is 0 Å². The van der Waals surface area contributed by atoms with Crippen molar-refractivity contribution in [3.05, 3.63) is 36.5 Å². The summed E-state index contributed by atoms with van der Waals surface area (Å²) in [5.41, 5.74) is 1.55. The van der Waals surface area contributed by atoms with Gasteiger partial charge in [0.05, 0.1) is 19.8 Å². The number of hydrogen-bond acceptors (Lipinski definition) is 4. The summed E-state index contributed by atoms with van der Waals surface area (Å²) in [7, 11) is 3.24. The second-order valence-electron chi connectivity index (χ2n) is 3.15. The van der Waals surface area contributed by atoms with Crippen LogP contribution in [0.4, 0.5) is 0 Å². The first-order valence-corrected chi connectivity index (χ1v) is 4.86. The van der Waals surface area contributed by atoms with E-state index in [2.05, 4.69) is 10.2 Å². The van der Waals surface area contributed by atoms with Crippen molar-refractivity contribution in [2.45, 2.75) is 0 Å². The standard InChI is InChI=1S/C12H12N2O2/c1-15-10-6-3-7-11(16-2)12(10)9-5-4-8-13-14-9/h3-8H,1-2H3. The van der Waals surface area contributed by atoms with E-state index in [1.807, 2.05) is 30.3 Å². The molecule has 0 aliphatic heterocycles. The van der Waals surface area contributed by atoms with Gasteiger partial charge >= 0.3 is 0 Å². The van der Waals surface area contributed by atoms with Crippen molar-refractivity contribution in [3.63, 3.8) is 0 Å². The smallest absolute Gasteiger partial charge is 0.132 e. The van der Waals surface area contributed by atoms with Crippen LogP contribution in [0.2, 0.25) is 0 Å². The molecule has 4 nitrogen and oxygen atoms in total. The van der Waals surface area contributed by atoms with E-state index in [1.165, 1.54) is 0 Å². The van der Waals surface area contributed by atoms with Crippen LogP contribution in [0.5, 0.6) is 11.5 Å². The predicted molar refractivity (Wildman–Crippen MR) is 60.6 cm³/mol. The van der Waals surface area contributed by atoms with Crippen LogP contribution >= 0.6 is 0 Å². The van der Waals surface area contributed by atoms with E-state index in [0.29, 0.717) is 0 Å². The first-order chi connectivity index (χ1) is 7.86. The number of hydrogen-bond donors (Lipinski definition) is 0. The Balaban J connectivity index is 2.62. The Hall–Kier alpha value is -2.10. The fraction of sp³-hybridized carbons (Fsp3) is 0.167. The largest absolute Gasteiger partial charge is 0.496 e. The van der Waals surface area contributed by atoms with Gasteiger partial charge in [-0.3, -0.25) is 0 Å². The first-order valence-electron chi connectivity index (χ1n) is 4.86. The summed E-state index contributed by atoms with van der Waals surface area (Å²) >= 11 is 0. The van der Waals surface area contributed by atoms with Crippen LogP contribution in [0.3, 0.4) is 0 Å². The molecule has 0 bridgehead atoms. The molecule has 2 aromatic rings. The molecule has 0 amide bonds. The Morgan fingerprint density at radius 1 is 0.938 bits per heavy atom. The normalized spacial score (nSPS) is 9.88. The van der Waals surface area contributed by atoms with Crippen molar-refractivity contribution in [2.75, 3.05) is 14.2 Å². The highest BCUT2D eigenvalue weighted by atomic mass is 16.5. The van der Waals surface area contributed by atoms with Gasteiger partial charge in [0.1, 0.15) is 17.2 Å². The van der Waals surface area contributed by atoms with Crippen LogP contribution in [-0.4, -0.2) is 24.4 Å². The lowest BCUT2D eigenvalue weighted by Crippen LogP contribution is -1.95. The molecule has 1 heterocycles. The molecule has 0 aliphatic carbocycles. The Kier molecular flexibility index (Phi) is 3.00. The summed E-state index contributed by atoms with van der Waals surface area (Å²) in [5, 5.41) is 7.91. The minimum atomic E-state index is 0.722. The highest BCUT2D eigenvalue weighted by molar-refractivity contribution is 5.73. The molecule has 0 aliphatic rings. The number of benzene rings is 1. The number of methoxy groups -OCH3 is 2. The summed E-state index contributed by atoms with van der Waals surface area (Å²) < 4.78 is 10.6. The van der Waals surface area contributed by atoms with E-state index < -0.39 is 0 Å². The molecule has 82 valence electrons. The van der Waals surface area contributed by atoms with Gasteiger partial charge in [0.15, 0.2) is 0 Å². The van der Waals surface area contributed by atoms with Crippen LogP contribution in [0, 0.1) is 0 Å². The molecule has 0 unspecified atom stereocenters. The highest BCUT2D eigenvalue weighted by Crippen LogP contribution is 2.36. The SMILES string of the molecule is COc1cccc(OC)c1-c1cccnn1. The van der Waals surface area contributed by atoms with Crippen molar-refractivity contribution in [2.24, 2.45) is 0 Å². The van der Waals surface area contributed by atoms with E-state index in [9.17, 15) is 0 Å². The molecule has 1 aromatic heterocycles. The van der Waals surface area contributed by atoms with Crippen LogP contribution < -0.4 is 9.47 Å². The monoisotopic (exact) mass is 216 g/mol. The van der Waals surface area contributed by atoms with Gasteiger partial charge in [-0.05, 0) is 24.3 Å². The Morgan fingerprint density at radius 3 is 2.12 bits per heavy atom. The third-order valence-electron chi connectivity index (χ3n) is 2.26. The van der Waals surface area contributed by atoms with Crippen molar-refractivity contribution in [3.8, 4) is 22.8 Å². The van der Waals surface area contributed by atoms with Gasteiger partial charge in [-0.1, -0.05) is 6.07 Å². The maximum Gasteiger partial charge on any atom is 0.132 e. The van der Waals surface area contributed by atoms with Gasteiger partial charge in [-0.25, -0.2) is 0 Å². The average Bonchev–Trinajstić information content (AvgIpc) is 2.38. The van der Waals surface area contributed by atoms with Gasteiger partial charge < -0.3 is 9.47 Å². The minimum Gasteiger partial charge on any atom is -0.496 e. The van der Waals surface area contributed by atoms with E-state index in [1.54, 1.807) is 20.4 Å². The lowest BCUT2D eigenvalue weighted by Gasteiger charge is -2.11. The van der Waals surface area contributed by atoms with E-state index in [0.717, 1.165) is 22.8 Å². The second kappa shape index (κ2) is 4.61. The zero-order valence-corrected chi connectivity index (χ0v) is 9.18. The quantitative estimate of drug-likeness (QED) is 0.788. The molecular weight excluding hydrogens is 204 g/mol. The number of rotatable bonds is 3. The maximum absolute atomic E-state index is 5.29. The van der Waals surface area contributed by atoms with Crippen LogP contribution in [0.25, 0.3) is 11.3 Å². The summed E-state index contributed by atoms with van der Waals surface area (Å²) in [5.74, 6) is 1.44. The van der Waals surface area contributed by atoms with Crippen molar-refractivity contribution >= 4 is 0 Å². The fourth-order valence-electron chi connectivity index (χ4n) is 1.54. The zero-order chi connectivity index (χ0) is 11.4. The third kappa shape index (κ3) is 1.82. The molecule has 4 heteroatoms. The Labute approximate surface area is 93.9 Å². The zero-order valence-electron chi connectivity index (χ0n) is 9.18. The molecule has 16 heavy (non-hydrogen) atoms. The molecule has 0 spiro atoms. The number of nitrogens with zero attached hydrogens (tertiary/aromatic N) is 2. The summed E-state index contributed by atoms with van der Waals surface area (Å²) in [6, 6.07) is 9.30. The average molecular weight is 216 g/mol. The fourth-order valence-corrected chi connectivity index (χ4v) is 1.54. The lowest BCUT2D eigenvalue weighted by atomic mass is 10.1. The van der Waals surface area contributed by atoms with Crippen molar-refractivity contribution in [1.29, 1.82) is 0 Å². The third-order valence-corrected chi connectivity index (χ3v) is 2.26. The molecular formula is C12H12N2O2. The second-order valence-corrected chi connectivity index (χ2v) is 3.15. The Morgan fingerprint density at radius 2 is 1.62 bits per heavy atom. The summed E-state index contributed by atoms with van der Waals surface area (Å²) in [6.07, 6.45) is 1.63. The number of aromatic nitrogens is 2. The topological polar surface area (TPSA) is 44.2 Å². The first kappa shape index (κ1) is 10.4. The molecule has 0 atom stereocenters. The van der Waals surface area contributed by atoms with Gasteiger partial charge in [-0.2, -0.15) is 10.2 Å². The van der Waals surface area contributed by atoms with Gasteiger partial charge in [0, 0.05) is 6.20 Å². The molecule has 0 fully saturated rings. The predicted octanol–water partition coefficient (Wildman–Crippen LogP) is 2.16. The van der Waals surface area contributed by atoms with Crippen molar-refractivity contribution in [1.82, 2.24) is 10.2 Å². The van der Waals surface area contributed by atoms with E-state index in [-0.39, 0.29) is 0 Å². The molecule has 0 saturated heterocycles. The molecule has 0 radical (unpaired) electrons. The van der Waals surface area contributed by atoms with Gasteiger partial charge in [0.25, 0.3) is 0 Å². The molecule has 0 saturated carbocycles. The van der Waals surface area contributed by atoms with E-state index in [4.69, 9.17) is 9.47 Å². The molecule has 1 aromatic carbocycles. The van der Waals surface area contributed by atoms with Crippen LogP contribution in [0.1, 0.15) is 0 Å². The highest BCUT2D eigenvalue weighted by Gasteiger charge is 2.12. The lowest BCUT2D eigenvalue weighted by molar-refractivity contribution is 0.397. The minimum absolute atomic E-state index is 0.722. The van der Waals surface area contributed by atoms with E-state index >= 15 is 0 Å². The summed E-state index contributed by atoms with van der Waals surface area (Å²) in [6.45, 7) is 0. The van der Waals surface area contributed by atoms with Crippen molar-refractivity contribution < 1.29 is 9.47 Å². The van der Waals surface area contributed by atoms with Gasteiger partial charge in [-0.15, -0.1) is 0 Å². The van der Waals surface area contributed by atoms with Gasteiger partial charge in [0.2, 0.25) is 0 Å². The molecule has 2 rings (SSSR count). The maximum atomic E-state index is 5.29. The Bertz CT molecular complexity index is 449. The molecule has 0 N–H and O–H groups in total. The number of ether oxygens (including phenoxy) is 2.